The molecule has 2 unspecified atom stereocenters. The van der Waals surface area contributed by atoms with Crippen LogP contribution in [0.3, 0.4) is 0 Å². The van der Waals surface area contributed by atoms with Gasteiger partial charge in [0.25, 0.3) is 5.78 Å². The van der Waals surface area contributed by atoms with Crippen LogP contribution in [0.2, 0.25) is 0 Å². The molecular weight excluding hydrogens is 773 g/mol. The summed E-state index contributed by atoms with van der Waals surface area (Å²) in [6.45, 7) is 18.1. The lowest BCUT2D eigenvalue weighted by Gasteiger charge is -2.39. The fraction of sp³-hybridized carbons (Fsp3) is 0.622. The average Bonchev–Trinajstić information content (AvgIpc) is 3.68. The van der Waals surface area contributed by atoms with Gasteiger partial charge < -0.3 is 44.5 Å². The van der Waals surface area contributed by atoms with Gasteiger partial charge in [0.1, 0.15) is 29.3 Å². The van der Waals surface area contributed by atoms with Crippen LogP contribution < -0.4 is 15.4 Å². The molecule has 11 atom stereocenters. The Labute approximate surface area is 352 Å². The third-order valence-corrected chi connectivity index (χ3v) is 12.9. The van der Waals surface area contributed by atoms with E-state index < -0.39 is 101 Å². The minimum Gasteiger partial charge on any atom is -0.507 e. The standard InChI is InChI=1S/C45H62N4O11/c1-22(2)21-49-17-15-45(16-18-49)47-35-34-32-29(51)20-31-33(34)42(55)44(9,60-31)58-19-14-30(57-10)25(5)41(59-28(8)50)27(7)39(53)26(6)38(52)23(3)12-11-13-24(4)43(56)46-37(40(32)54)36(35)48-45/h11-14,19-20,22-23,25-27,30,36-39,41,48,51-53H,15-18,21H2,1-10H3,(H,46,56)/b12-11+,19-14+,24-13-/t23-,25+,26+,27+,30-,36?,37?,38-,39+,41+,44-/m0/s1. The van der Waals surface area contributed by atoms with E-state index in [1.54, 1.807) is 58.9 Å². The van der Waals surface area contributed by atoms with Gasteiger partial charge in [-0.15, -0.1) is 0 Å². The van der Waals surface area contributed by atoms with Crippen molar-refractivity contribution < 1.29 is 53.4 Å². The van der Waals surface area contributed by atoms with Crippen LogP contribution in [-0.4, -0.2) is 124 Å². The first-order valence-corrected chi connectivity index (χ1v) is 21.1. The molecule has 15 nitrogen and oxygen atoms in total. The number of ether oxygens (including phenoxy) is 4. The predicted octanol–water partition coefficient (Wildman–Crippen LogP) is 3.83. The third kappa shape index (κ3) is 8.56. The molecule has 0 aromatic heterocycles. The highest BCUT2D eigenvalue weighted by atomic mass is 16.7. The second kappa shape index (κ2) is 17.5. The molecule has 1 amide bonds. The van der Waals surface area contributed by atoms with E-state index in [2.05, 4.69) is 29.4 Å². The minimum absolute atomic E-state index is 0.00704. The quantitative estimate of drug-likeness (QED) is 0.274. The summed E-state index contributed by atoms with van der Waals surface area (Å²) in [6, 6.07) is -0.810. The number of likely N-dealkylation sites (tertiary alicyclic amines) is 1. The smallest absolute Gasteiger partial charge is 0.312 e. The van der Waals surface area contributed by atoms with E-state index in [1.165, 1.54) is 33.3 Å². The summed E-state index contributed by atoms with van der Waals surface area (Å²) < 4.78 is 23.8. The van der Waals surface area contributed by atoms with Crippen LogP contribution in [0, 0.1) is 29.6 Å². The molecule has 4 aliphatic heterocycles. The van der Waals surface area contributed by atoms with Gasteiger partial charge in [-0.05, 0) is 31.8 Å². The van der Waals surface area contributed by atoms with E-state index in [9.17, 15) is 34.5 Å². The number of piperidine rings is 1. The average molecular weight is 835 g/mol. The molecule has 1 aromatic rings. The van der Waals surface area contributed by atoms with E-state index in [0.717, 1.165) is 19.6 Å². The highest BCUT2D eigenvalue weighted by Gasteiger charge is 2.56. The first-order chi connectivity index (χ1) is 28.2. The molecule has 1 spiro atoms. The van der Waals surface area contributed by atoms with Crippen LogP contribution >= 0.6 is 0 Å². The zero-order valence-corrected chi connectivity index (χ0v) is 36.4. The van der Waals surface area contributed by atoms with Crippen molar-refractivity contribution >= 4 is 29.2 Å². The first-order valence-electron chi connectivity index (χ1n) is 21.1. The number of nitrogens with zero attached hydrogens (tertiary/aromatic N) is 2. The molecule has 5 aliphatic rings. The lowest BCUT2D eigenvalue weighted by Crippen LogP contribution is -2.62. The molecule has 0 saturated carbocycles. The van der Waals surface area contributed by atoms with Crippen molar-refractivity contribution in [2.24, 2.45) is 34.6 Å². The van der Waals surface area contributed by atoms with Gasteiger partial charge in [-0.1, -0.05) is 59.8 Å². The van der Waals surface area contributed by atoms with E-state index >= 15 is 0 Å². The van der Waals surface area contributed by atoms with Gasteiger partial charge in [-0.25, -0.2) is 0 Å². The number of amides is 1. The lowest BCUT2D eigenvalue weighted by molar-refractivity contribution is -0.160. The normalized spacial score (nSPS) is 36.7. The number of esters is 1. The van der Waals surface area contributed by atoms with Crippen LogP contribution in [0.1, 0.15) is 101 Å². The molecule has 5 bridgehead atoms. The van der Waals surface area contributed by atoms with Crippen molar-refractivity contribution in [2.45, 2.75) is 123 Å². The minimum atomic E-state index is -1.94. The van der Waals surface area contributed by atoms with Gasteiger partial charge in [0, 0.05) is 81.5 Å². The third-order valence-electron chi connectivity index (χ3n) is 12.9. The number of aliphatic hydroxyl groups is 2. The summed E-state index contributed by atoms with van der Waals surface area (Å²) in [5, 5.41) is 41.0. The summed E-state index contributed by atoms with van der Waals surface area (Å²) in [4.78, 5) is 63.0. The molecule has 6 rings (SSSR count). The van der Waals surface area contributed by atoms with Gasteiger partial charge in [-0.2, -0.15) is 0 Å². The molecule has 1 aromatic carbocycles. The Balaban J connectivity index is 1.45. The molecule has 4 heterocycles. The maximum absolute atomic E-state index is 14.6. The highest BCUT2D eigenvalue weighted by Crippen LogP contribution is 2.47. The Morgan fingerprint density at radius 3 is 2.32 bits per heavy atom. The number of benzene rings is 1. The fourth-order valence-corrected chi connectivity index (χ4v) is 9.45. The van der Waals surface area contributed by atoms with Crippen molar-refractivity contribution in [2.75, 3.05) is 26.7 Å². The molecule has 5 N–H and O–H groups in total. The molecule has 60 heavy (non-hydrogen) atoms. The Kier molecular flexibility index (Phi) is 13.2. The summed E-state index contributed by atoms with van der Waals surface area (Å²) in [6.07, 6.45) is 5.20. The zero-order valence-electron chi connectivity index (χ0n) is 36.4. The number of Topliss-reactive ketones (excluding diaryl/α,β-unsaturated/α-hetero) is 2. The van der Waals surface area contributed by atoms with Crippen LogP contribution in [0.15, 0.2) is 47.2 Å². The topological polar surface area (TPSA) is 206 Å². The van der Waals surface area contributed by atoms with Crippen molar-refractivity contribution in [3.8, 4) is 11.5 Å². The molecule has 1 fully saturated rings. The van der Waals surface area contributed by atoms with E-state index in [-0.39, 0.29) is 28.0 Å². The Morgan fingerprint density at radius 2 is 1.68 bits per heavy atom. The van der Waals surface area contributed by atoms with Gasteiger partial charge in [0.05, 0.1) is 47.5 Å². The van der Waals surface area contributed by atoms with Crippen LogP contribution in [0.5, 0.6) is 11.5 Å². The summed E-state index contributed by atoms with van der Waals surface area (Å²) in [7, 11) is 1.47. The number of ketones is 2. The number of carbonyl (C=O) groups excluding carboxylic acids is 4. The summed E-state index contributed by atoms with van der Waals surface area (Å²) in [5.74, 6) is -6.56. The molecule has 328 valence electrons. The Bertz CT molecular complexity index is 1980. The van der Waals surface area contributed by atoms with E-state index in [1.807, 2.05) is 0 Å². The van der Waals surface area contributed by atoms with Gasteiger partial charge in [-0.3, -0.25) is 29.5 Å². The lowest BCUT2D eigenvalue weighted by atomic mass is 9.78. The SMILES string of the molecule is CO[C@H]1/C=C/O[C@@]2(C)Oc3cc(O)c4c(c3C2=O)C2=NC3(CCN(CC(C)C)CC3)NC2C(NC(=O)/C(C)=C\C=C\[C@H](C)[C@H](O)[C@@H](C)[C@@H](O)[C@@H](C)[C@H](OC(C)=O)[C@@H]1C)C4=O. The summed E-state index contributed by atoms with van der Waals surface area (Å²) >= 11 is 0. The van der Waals surface area contributed by atoms with Crippen molar-refractivity contribution in [1.29, 1.82) is 0 Å². The molecule has 0 radical (unpaired) electrons. The Hall–Kier alpha value is -4.41. The molecule has 1 aliphatic carbocycles. The van der Waals surface area contributed by atoms with Crippen molar-refractivity contribution in [3.05, 3.63) is 58.9 Å². The largest absolute Gasteiger partial charge is 0.507 e. The number of allylic oxidation sites excluding steroid dienone is 2. The number of phenols is 1. The number of nitrogens with one attached hydrogen (secondary N) is 2. The number of methoxy groups -OCH3 is 1. The number of carbonyl (C=O) groups is 4. The number of hydrogen-bond donors (Lipinski definition) is 5. The maximum atomic E-state index is 14.6. The van der Waals surface area contributed by atoms with Crippen LogP contribution in [-0.2, 0) is 23.8 Å². The number of aromatic hydroxyl groups is 1. The van der Waals surface area contributed by atoms with Gasteiger partial charge in [0.2, 0.25) is 5.91 Å². The number of rotatable bonds is 4. The number of fused-ring (bicyclic) bond motifs is 4. The highest BCUT2D eigenvalue weighted by molar-refractivity contribution is 6.28. The number of aliphatic imine (C=N–C) groups is 1. The van der Waals surface area contributed by atoms with Gasteiger partial charge in [0.15, 0.2) is 5.78 Å². The van der Waals surface area contributed by atoms with E-state index in [0.29, 0.717) is 24.5 Å². The van der Waals surface area contributed by atoms with Crippen molar-refractivity contribution in [1.82, 2.24) is 15.5 Å². The molecule has 15 heteroatoms. The number of aliphatic hydroxyl groups excluding tert-OH is 2. The second-order valence-electron chi connectivity index (χ2n) is 17.9. The van der Waals surface area contributed by atoms with Crippen molar-refractivity contribution in [3.63, 3.8) is 0 Å². The summed E-state index contributed by atoms with van der Waals surface area (Å²) in [5.41, 5.74) is -0.126. The Morgan fingerprint density at radius 1 is 1.00 bits per heavy atom. The molecular formula is C45H62N4O11. The number of phenolic OH excluding ortho intramolecular Hbond substituents is 1. The van der Waals surface area contributed by atoms with Crippen LogP contribution in [0.4, 0.5) is 0 Å². The number of hydrogen-bond acceptors (Lipinski definition) is 14. The maximum Gasteiger partial charge on any atom is 0.312 e. The van der Waals surface area contributed by atoms with Crippen LogP contribution in [0.25, 0.3) is 0 Å². The zero-order chi connectivity index (χ0) is 44.0. The second-order valence-corrected chi connectivity index (χ2v) is 17.9. The predicted molar refractivity (Wildman–Crippen MR) is 223 cm³/mol. The first kappa shape index (κ1) is 45.1. The van der Waals surface area contributed by atoms with Gasteiger partial charge >= 0.3 is 11.8 Å². The molecule has 1 saturated heterocycles. The fourth-order valence-electron chi connectivity index (χ4n) is 9.45. The monoisotopic (exact) mass is 834 g/mol. The van der Waals surface area contributed by atoms with E-state index in [4.69, 9.17) is 23.9 Å².